The van der Waals surface area contributed by atoms with E-state index >= 15 is 0 Å². The summed E-state index contributed by atoms with van der Waals surface area (Å²) >= 11 is 0. The van der Waals surface area contributed by atoms with E-state index in [9.17, 15) is 26.4 Å². The van der Waals surface area contributed by atoms with Crippen molar-refractivity contribution < 1.29 is 36.3 Å². The quantitative estimate of drug-likeness (QED) is 0.440. The lowest BCUT2D eigenvalue weighted by atomic mass is 10.1. The number of aryl methyl sites for hydroxylation is 2. The molecule has 8 nitrogen and oxygen atoms in total. The van der Waals surface area contributed by atoms with Crippen LogP contribution in [0.3, 0.4) is 0 Å². The van der Waals surface area contributed by atoms with Gasteiger partial charge in [-0.1, -0.05) is 47.5 Å². The molecule has 40 heavy (non-hydrogen) atoms. The van der Waals surface area contributed by atoms with Gasteiger partial charge in [0.15, 0.2) is 0 Å². The highest BCUT2D eigenvalue weighted by atomic mass is 32.2. The van der Waals surface area contributed by atoms with Gasteiger partial charge in [-0.05, 0) is 55.8 Å². The van der Waals surface area contributed by atoms with Crippen molar-refractivity contribution in [3.8, 4) is 0 Å². The number of piperazine rings is 1. The zero-order valence-corrected chi connectivity index (χ0v) is 22.8. The summed E-state index contributed by atoms with van der Waals surface area (Å²) < 4.78 is 59.5. The molecule has 0 atom stereocenters. The molecule has 4 rings (SSSR count). The van der Waals surface area contributed by atoms with Crippen molar-refractivity contribution in [2.75, 3.05) is 30.9 Å². The van der Waals surface area contributed by atoms with Gasteiger partial charge >= 0.3 is 12.1 Å². The van der Waals surface area contributed by atoms with E-state index in [1.807, 2.05) is 55.1 Å². The smallest absolute Gasteiger partial charge is 0.475 e. The Morgan fingerprint density at radius 3 is 1.98 bits per heavy atom. The van der Waals surface area contributed by atoms with Crippen LogP contribution in [0.15, 0.2) is 77.7 Å². The first-order chi connectivity index (χ1) is 18.7. The van der Waals surface area contributed by atoms with Crippen molar-refractivity contribution in [3.63, 3.8) is 0 Å². The van der Waals surface area contributed by atoms with Crippen LogP contribution in [0.2, 0.25) is 0 Å². The standard InChI is InChI=1S/C26H29N3O3S.C2HF3O2/c1-20-6-12-25(13-7-20)33(31,32)27-24-10-8-22(9-11-24)19-28-14-16-29(17-15-28)26(30)23-5-3-4-21(2)18-23;3-2(4,5)1(6)7/h3-13,18,27H,14-17,19H2,1-2H3;(H,6,7). The van der Waals surface area contributed by atoms with Crippen molar-refractivity contribution in [2.24, 2.45) is 0 Å². The Labute approximate surface area is 231 Å². The molecule has 0 bridgehead atoms. The molecule has 0 aliphatic carbocycles. The van der Waals surface area contributed by atoms with E-state index in [1.54, 1.807) is 36.4 Å². The van der Waals surface area contributed by atoms with Crippen LogP contribution >= 0.6 is 0 Å². The van der Waals surface area contributed by atoms with E-state index in [2.05, 4.69) is 9.62 Å². The summed E-state index contributed by atoms with van der Waals surface area (Å²) in [5.41, 5.74) is 4.48. The van der Waals surface area contributed by atoms with Gasteiger partial charge in [-0.25, -0.2) is 13.2 Å². The molecule has 0 aromatic heterocycles. The number of aliphatic carboxylic acids is 1. The van der Waals surface area contributed by atoms with Gasteiger partial charge in [0.1, 0.15) is 0 Å². The molecular weight excluding hydrogens is 547 g/mol. The van der Waals surface area contributed by atoms with Gasteiger partial charge < -0.3 is 10.0 Å². The number of hydrogen-bond acceptors (Lipinski definition) is 5. The first-order valence-corrected chi connectivity index (χ1v) is 13.8. The third-order valence-corrected chi connectivity index (χ3v) is 7.51. The summed E-state index contributed by atoms with van der Waals surface area (Å²) in [6, 6.07) is 22.0. The predicted molar refractivity (Wildman–Crippen MR) is 144 cm³/mol. The molecule has 1 aliphatic heterocycles. The molecule has 0 saturated carbocycles. The fourth-order valence-electron chi connectivity index (χ4n) is 3.94. The molecule has 214 valence electrons. The number of nitrogens with zero attached hydrogens (tertiary/aromatic N) is 2. The lowest BCUT2D eigenvalue weighted by Gasteiger charge is -2.34. The third-order valence-electron chi connectivity index (χ3n) is 6.11. The maximum absolute atomic E-state index is 12.7. The van der Waals surface area contributed by atoms with Crippen LogP contribution in [-0.2, 0) is 21.4 Å². The van der Waals surface area contributed by atoms with Crippen LogP contribution in [0.4, 0.5) is 18.9 Å². The van der Waals surface area contributed by atoms with E-state index in [0.29, 0.717) is 18.8 Å². The molecule has 0 unspecified atom stereocenters. The molecule has 1 heterocycles. The number of carboxylic acids is 1. The second-order valence-electron chi connectivity index (χ2n) is 9.36. The van der Waals surface area contributed by atoms with Gasteiger partial charge in [-0.15, -0.1) is 0 Å². The minimum absolute atomic E-state index is 0.0866. The summed E-state index contributed by atoms with van der Waals surface area (Å²) in [5, 5.41) is 7.12. The Hall–Kier alpha value is -3.90. The molecule has 1 fully saturated rings. The number of alkyl halides is 3. The topological polar surface area (TPSA) is 107 Å². The number of benzene rings is 3. The van der Waals surface area contributed by atoms with Gasteiger partial charge in [-0.2, -0.15) is 13.2 Å². The van der Waals surface area contributed by atoms with Crippen LogP contribution in [0.1, 0.15) is 27.0 Å². The summed E-state index contributed by atoms with van der Waals surface area (Å²) in [5.74, 6) is -2.67. The summed E-state index contributed by atoms with van der Waals surface area (Å²) in [4.78, 5) is 26.1. The van der Waals surface area contributed by atoms with Crippen molar-refractivity contribution in [1.29, 1.82) is 0 Å². The highest BCUT2D eigenvalue weighted by Crippen LogP contribution is 2.19. The maximum atomic E-state index is 12.7. The van der Waals surface area contributed by atoms with Crippen molar-refractivity contribution in [2.45, 2.75) is 31.5 Å². The Balaban J connectivity index is 0.000000559. The van der Waals surface area contributed by atoms with Crippen LogP contribution in [0, 0.1) is 13.8 Å². The van der Waals surface area contributed by atoms with Crippen molar-refractivity contribution in [3.05, 3.63) is 95.1 Å². The second-order valence-corrected chi connectivity index (χ2v) is 11.0. The zero-order chi connectivity index (χ0) is 29.5. The van der Waals surface area contributed by atoms with Gasteiger partial charge in [0, 0.05) is 44.0 Å². The van der Waals surface area contributed by atoms with Gasteiger partial charge in [-0.3, -0.25) is 14.4 Å². The lowest BCUT2D eigenvalue weighted by molar-refractivity contribution is -0.192. The minimum atomic E-state index is -5.08. The number of carbonyl (C=O) groups is 2. The maximum Gasteiger partial charge on any atom is 0.490 e. The largest absolute Gasteiger partial charge is 0.490 e. The number of amides is 1. The molecule has 12 heteroatoms. The monoisotopic (exact) mass is 577 g/mol. The van der Waals surface area contributed by atoms with Gasteiger partial charge in [0.05, 0.1) is 4.90 Å². The SMILES string of the molecule is Cc1ccc(S(=O)(=O)Nc2ccc(CN3CCN(C(=O)c4cccc(C)c4)CC3)cc2)cc1.O=C(O)C(F)(F)F. The third kappa shape index (κ3) is 8.82. The molecule has 1 amide bonds. The summed E-state index contributed by atoms with van der Waals surface area (Å²) in [6.07, 6.45) is -5.08. The number of halogens is 3. The normalized spacial score (nSPS) is 14.2. The fourth-order valence-corrected chi connectivity index (χ4v) is 5.00. The predicted octanol–water partition coefficient (Wildman–Crippen LogP) is 4.70. The molecule has 3 aromatic carbocycles. The van der Waals surface area contributed by atoms with Gasteiger partial charge in [0.2, 0.25) is 0 Å². The minimum Gasteiger partial charge on any atom is -0.475 e. The molecule has 2 N–H and O–H groups in total. The molecule has 3 aromatic rings. The van der Waals surface area contributed by atoms with E-state index in [-0.39, 0.29) is 10.8 Å². The van der Waals surface area contributed by atoms with E-state index in [1.165, 1.54) is 0 Å². The average Bonchev–Trinajstić information content (AvgIpc) is 2.90. The number of rotatable bonds is 6. The Kier molecular flexibility index (Phi) is 9.93. The number of nitrogens with one attached hydrogen (secondary N) is 1. The fraction of sp³-hybridized carbons (Fsp3) is 0.286. The highest BCUT2D eigenvalue weighted by Gasteiger charge is 2.38. The molecule has 0 spiro atoms. The summed E-state index contributed by atoms with van der Waals surface area (Å²) in [7, 11) is -3.61. The van der Waals surface area contributed by atoms with Crippen molar-refractivity contribution >= 4 is 27.6 Å². The van der Waals surface area contributed by atoms with Crippen LogP contribution in [0.5, 0.6) is 0 Å². The lowest BCUT2D eigenvalue weighted by Crippen LogP contribution is -2.48. The number of sulfonamides is 1. The Morgan fingerprint density at radius 2 is 1.45 bits per heavy atom. The summed E-state index contributed by atoms with van der Waals surface area (Å²) in [6.45, 7) is 7.68. The van der Waals surface area contributed by atoms with Crippen LogP contribution in [-0.4, -0.2) is 67.6 Å². The van der Waals surface area contributed by atoms with Gasteiger partial charge in [0.25, 0.3) is 15.9 Å². The number of carboxylic acid groups (broad SMARTS) is 1. The second kappa shape index (κ2) is 13.0. The van der Waals surface area contributed by atoms with Crippen LogP contribution in [0.25, 0.3) is 0 Å². The first-order valence-electron chi connectivity index (χ1n) is 12.3. The van der Waals surface area contributed by atoms with E-state index < -0.39 is 22.2 Å². The number of hydrogen-bond donors (Lipinski definition) is 2. The number of carbonyl (C=O) groups excluding carboxylic acids is 1. The number of anilines is 1. The van der Waals surface area contributed by atoms with Crippen molar-refractivity contribution in [1.82, 2.24) is 9.80 Å². The molecule has 1 saturated heterocycles. The van der Waals surface area contributed by atoms with Crippen LogP contribution < -0.4 is 4.72 Å². The molecule has 0 radical (unpaired) electrons. The Morgan fingerprint density at radius 1 is 0.875 bits per heavy atom. The van der Waals surface area contributed by atoms with E-state index in [0.717, 1.165) is 41.9 Å². The van der Waals surface area contributed by atoms with E-state index in [4.69, 9.17) is 9.90 Å². The average molecular weight is 578 g/mol. The highest BCUT2D eigenvalue weighted by molar-refractivity contribution is 7.92. The first kappa shape index (κ1) is 30.6. The molecular formula is C28H30F3N3O5S. The Bertz CT molecular complexity index is 1420. The zero-order valence-electron chi connectivity index (χ0n) is 22.0. The molecule has 1 aliphatic rings.